The summed E-state index contributed by atoms with van der Waals surface area (Å²) in [6.07, 6.45) is 0. The molecule has 0 aliphatic carbocycles. The molecular weight excluding hydrogens is 335 g/mol. The molecule has 2 aromatic carbocycles. The molecule has 1 aliphatic rings. The Labute approximate surface area is 140 Å². The SMILES string of the molecule is CC1(C)Oc2cc(NS(=O)[O-])ccc2N(c2ccc(F)cc2)C1=O. The maximum Gasteiger partial charge on any atom is 0.275 e. The van der Waals surface area contributed by atoms with Crippen molar-refractivity contribution >= 4 is 34.2 Å². The monoisotopic (exact) mass is 349 g/mol. The van der Waals surface area contributed by atoms with Gasteiger partial charge in [0.1, 0.15) is 11.6 Å². The number of halogens is 1. The lowest BCUT2D eigenvalue weighted by molar-refractivity contribution is -0.131. The van der Waals surface area contributed by atoms with Gasteiger partial charge in [-0.2, -0.15) is 0 Å². The van der Waals surface area contributed by atoms with Crippen LogP contribution in [0.3, 0.4) is 0 Å². The van der Waals surface area contributed by atoms with Gasteiger partial charge < -0.3 is 14.0 Å². The van der Waals surface area contributed by atoms with E-state index in [0.29, 0.717) is 22.8 Å². The van der Waals surface area contributed by atoms with Gasteiger partial charge in [-0.1, -0.05) is 0 Å². The van der Waals surface area contributed by atoms with Crippen molar-refractivity contribution in [1.82, 2.24) is 0 Å². The number of benzene rings is 2. The van der Waals surface area contributed by atoms with E-state index in [2.05, 4.69) is 4.72 Å². The van der Waals surface area contributed by atoms with E-state index < -0.39 is 22.7 Å². The Morgan fingerprint density at radius 2 is 1.88 bits per heavy atom. The third-order valence-corrected chi connectivity index (χ3v) is 3.97. The van der Waals surface area contributed by atoms with Crippen LogP contribution in [0.1, 0.15) is 13.8 Å². The zero-order valence-electron chi connectivity index (χ0n) is 12.9. The Morgan fingerprint density at radius 1 is 1.21 bits per heavy atom. The molecule has 0 saturated heterocycles. The lowest BCUT2D eigenvalue weighted by Crippen LogP contribution is -2.50. The number of nitrogens with zero attached hydrogens (tertiary/aromatic N) is 1. The zero-order chi connectivity index (χ0) is 17.5. The van der Waals surface area contributed by atoms with E-state index in [-0.39, 0.29) is 5.91 Å². The second kappa shape index (κ2) is 5.88. The number of carbonyl (C=O) groups excluding carboxylic acids is 1. The van der Waals surface area contributed by atoms with Gasteiger partial charge in [0.25, 0.3) is 5.91 Å². The van der Waals surface area contributed by atoms with Crippen molar-refractivity contribution in [3.05, 3.63) is 48.3 Å². The lowest BCUT2D eigenvalue weighted by atomic mass is 10.0. The van der Waals surface area contributed by atoms with Gasteiger partial charge >= 0.3 is 0 Å². The van der Waals surface area contributed by atoms with Crippen LogP contribution in [0.15, 0.2) is 42.5 Å². The van der Waals surface area contributed by atoms with Gasteiger partial charge in [-0.3, -0.25) is 13.9 Å². The summed E-state index contributed by atoms with van der Waals surface area (Å²) >= 11 is -2.47. The molecule has 1 N–H and O–H groups in total. The van der Waals surface area contributed by atoms with Crippen LogP contribution in [0.5, 0.6) is 5.75 Å². The number of hydrogen-bond donors (Lipinski definition) is 1. The van der Waals surface area contributed by atoms with Crippen molar-refractivity contribution < 1.29 is 22.7 Å². The normalized spacial score (nSPS) is 17.0. The van der Waals surface area contributed by atoms with Gasteiger partial charge in [-0.15, -0.1) is 0 Å². The second-order valence-corrected chi connectivity index (χ2v) is 6.42. The zero-order valence-corrected chi connectivity index (χ0v) is 13.7. The first-order valence-corrected chi connectivity index (χ1v) is 8.14. The highest BCUT2D eigenvalue weighted by atomic mass is 32.2. The maximum atomic E-state index is 13.2. The predicted octanol–water partition coefficient (Wildman–Crippen LogP) is 2.87. The Hall–Kier alpha value is -2.45. The molecule has 1 atom stereocenters. The third kappa shape index (κ3) is 2.98. The molecule has 8 heteroatoms. The molecule has 0 aromatic heterocycles. The van der Waals surface area contributed by atoms with E-state index >= 15 is 0 Å². The number of rotatable bonds is 3. The van der Waals surface area contributed by atoms with Gasteiger partial charge in [0.05, 0.1) is 5.69 Å². The molecule has 0 saturated carbocycles. The summed E-state index contributed by atoms with van der Waals surface area (Å²) in [7, 11) is 0. The molecule has 1 unspecified atom stereocenters. The van der Waals surface area contributed by atoms with Crippen molar-refractivity contribution in [2.45, 2.75) is 19.4 Å². The Bertz CT molecular complexity index is 823. The van der Waals surface area contributed by atoms with E-state index in [1.807, 2.05) is 0 Å². The average Bonchev–Trinajstić information content (AvgIpc) is 2.49. The molecule has 0 bridgehead atoms. The van der Waals surface area contributed by atoms with Crippen molar-refractivity contribution in [2.75, 3.05) is 9.62 Å². The number of fused-ring (bicyclic) bond motifs is 1. The van der Waals surface area contributed by atoms with E-state index in [1.54, 1.807) is 19.9 Å². The topological polar surface area (TPSA) is 81.7 Å². The summed E-state index contributed by atoms with van der Waals surface area (Å²) in [4.78, 5) is 14.2. The second-order valence-electron chi connectivity index (χ2n) is 5.75. The number of hydrogen-bond acceptors (Lipinski definition) is 4. The van der Waals surface area contributed by atoms with Crippen LogP contribution < -0.4 is 14.4 Å². The Morgan fingerprint density at radius 3 is 2.50 bits per heavy atom. The largest absolute Gasteiger partial charge is 0.755 e. The minimum atomic E-state index is -2.47. The van der Waals surface area contributed by atoms with Crippen LogP contribution in [0.25, 0.3) is 0 Å². The van der Waals surface area contributed by atoms with Crippen LogP contribution in [-0.4, -0.2) is 20.3 Å². The highest BCUT2D eigenvalue weighted by Gasteiger charge is 2.41. The fourth-order valence-corrected chi connectivity index (χ4v) is 2.80. The molecule has 1 amide bonds. The summed E-state index contributed by atoms with van der Waals surface area (Å²) in [6.45, 7) is 3.22. The van der Waals surface area contributed by atoms with E-state index in [4.69, 9.17) is 4.74 Å². The molecule has 126 valence electrons. The molecule has 1 heterocycles. The molecule has 6 nitrogen and oxygen atoms in total. The van der Waals surface area contributed by atoms with Crippen molar-refractivity contribution in [3.63, 3.8) is 0 Å². The summed E-state index contributed by atoms with van der Waals surface area (Å²) in [5.41, 5.74) is 0.1000. The van der Waals surface area contributed by atoms with Gasteiger partial charge in [0, 0.05) is 28.7 Å². The quantitative estimate of drug-likeness (QED) is 0.864. The fraction of sp³-hybridized carbons (Fsp3) is 0.188. The van der Waals surface area contributed by atoms with Gasteiger partial charge in [0.2, 0.25) is 0 Å². The summed E-state index contributed by atoms with van der Waals surface area (Å²) in [6, 6.07) is 10.1. The predicted molar refractivity (Wildman–Crippen MR) is 87.2 cm³/mol. The highest BCUT2D eigenvalue weighted by molar-refractivity contribution is 7.80. The van der Waals surface area contributed by atoms with Crippen LogP contribution in [-0.2, 0) is 16.1 Å². The van der Waals surface area contributed by atoms with E-state index in [1.165, 1.54) is 41.3 Å². The number of carbonyl (C=O) groups is 1. The number of amides is 1. The molecular formula is C16H14FN2O4S-. The molecule has 3 rings (SSSR count). The van der Waals surface area contributed by atoms with Crippen LogP contribution in [0, 0.1) is 5.82 Å². The minimum absolute atomic E-state index is 0.310. The van der Waals surface area contributed by atoms with Crippen LogP contribution >= 0.6 is 0 Å². The Kier molecular flexibility index (Phi) is 4.02. The first-order valence-electron chi connectivity index (χ1n) is 7.07. The van der Waals surface area contributed by atoms with Crippen LogP contribution in [0.2, 0.25) is 0 Å². The number of ether oxygens (including phenoxy) is 1. The van der Waals surface area contributed by atoms with Gasteiger partial charge in [-0.25, -0.2) is 4.39 Å². The molecule has 2 aromatic rings. The number of nitrogens with one attached hydrogen (secondary N) is 1. The molecule has 0 spiro atoms. The molecule has 1 aliphatic heterocycles. The smallest absolute Gasteiger partial charge is 0.275 e. The fourth-order valence-electron chi connectivity index (χ4n) is 2.48. The first kappa shape index (κ1) is 16.4. The average molecular weight is 349 g/mol. The minimum Gasteiger partial charge on any atom is -0.755 e. The number of anilines is 3. The third-order valence-electron chi connectivity index (χ3n) is 3.57. The lowest BCUT2D eigenvalue weighted by Gasteiger charge is -2.39. The first-order chi connectivity index (χ1) is 11.3. The molecule has 24 heavy (non-hydrogen) atoms. The maximum absolute atomic E-state index is 13.2. The molecule has 0 radical (unpaired) electrons. The molecule has 0 fully saturated rings. The standard InChI is InChI=1S/C16H15FN2O4S/c1-16(2)15(20)19(12-6-3-10(17)4-7-12)13-8-5-11(18-24(21)22)9-14(13)23-16/h3-9,18H,1-2H3,(H,21,22)/p-1. The van der Waals surface area contributed by atoms with E-state index in [9.17, 15) is 17.9 Å². The van der Waals surface area contributed by atoms with E-state index in [0.717, 1.165) is 0 Å². The Balaban J connectivity index is 2.11. The van der Waals surface area contributed by atoms with Crippen molar-refractivity contribution in [3.8, 4) is 5.75 Å². The summed E-state index contributed by atoms with van der Waals surface area (Å²) in [5.74, 6) is -0.370. The van der Waals surface area contributed by atoms with Crippen molar-refractivity contribution in [2.24, 2.45) is 0 Å². The van der Waals surface area contributed by atoms with Gasteiger partial charge in [-0.05, 0) is 50.2 Å². The van der Waals surface area contributed by atoms with Crippen LogP contribution in [0.4, 0.5) is 21.5 Å². The van der Waals surface area contributed by atoms with Gasteiger partial charge in [0.15, 0.2) is 5.60 Å². The highest BCUT2D eigenvalue weighted by Crippen LogP contribution is 2.43. The summed E-state index contributed by atoms with van der Waals surface area (Å²) < 4.78 is 42.7. The van der Waals surface area contributed by atoms with Crippen molar-refractivity contribution in [1.29, 1.82) is 0 Å². The summed E-state index contributed by atoms with van der Waals surface area (Å²) in [5, 5.41) is 0.